The Labute approximate surface area is 132 Å². The zero-order valence-electron chi connectivity index (χ0n) is 11.8. The van der Waals surface area contributed by atoms with E-state index in [0.717, 1.165) is 6.07 Å². The highest BCUT2D eigenvalue weighted by Crippen LogP contribution is 2.31. The van der Waals surface area contributed by atoms with Crippen molar-refractivity contribution < 1.29 is 23.2 Å². The van der Waals surface area contributed by atoms with E-state index < -0.39 is 37.5 Å². The number of hydrogen-bond acceptors (Lipinski definition) is 5. The third kappa shape index (κ3) is 4.39. The van der Waals surface area contributed by atoms with Gasteiger partial charge in [0.15, 0.2) is 4.90 Å². The second-order valence-electron chi connectivity index (χ2n) is 4.99. The summed E-state index contributed by atoms with van der Waals surface area (Å²) in [5.41, 5.74) is -0.714. The summed E-state index contributed by atoms with van der Waals surface area (Å²) in [5, 5.41) is 19.7. The topological polar surface area (TPSA) is 127 Å². The zero-order chi connectivity index (χ0) is 17.1. The lowest BCUT2D eigenvalue weighted by Crippen LogP contribution is -2.41. The Morgan fingerprint density at radius 2 is 2.05 bits per heavy atom. The van der Waals surface area contributed by atoms with E-state index in [9.17, 15) is 23.3 Å². The zero-order valence-corrected chi connectivity index (χ0v) is 13.4. The van der Waals surface area contributed by atoms with E-state index in [1.165, 1.54) is 12.1 Å². The molecule has 0 heterocycles. The van der Waals surface area contributed by atoms with Crippen LogP contribution in [0.3, 0.4) is 0 Å². The van der Waals surface area contributed by atoms with Gasteiger partial charge in [0.25, 0.3) is 5.69 Å². The van der Waals surface area contributed by atoms with Gasteiger partial charge in [-0.2, -0.15) is 4.72 Å². The van der Waals surface area contributed by atoms with Gasteiger partial charge >= 0.3 is 5.97 Å². The molecule has 1 aromatic carbocycles. The minimum atomic E-state index is -4.46. The Hall–Kier alpha value is -1.71. The average molecular weight is 351 g/mol. The van der Waals surface area contributed by atoms with Gasteiger partial charge in [-0.1, -0.05) is 31.5 Å². The monoisotopic (exact) mass is 350 g/mol. The molecular formula is C12H15ClN2O6S. The van der Waals surface area contributed by atoms with Crippen LogP contribution in [0.15, 0.2) is 23.1 Å². The molecule has 0 amide bonds. The Morgan fingerprint density at radius 3 is 2.50 bits per heavy atom. The van der Waals surface area contributed by atoms with Crippen molar-refractivity contribution in [1.82, 2.24) is 4.72 Å². The summed E-state index contributed by atoms with van der Waals surface area (Å²) in [6.45, 7) is 3.45. The lowest BCUT2D eigenvalue weighted by Gasteiger charge is -2.17. The van der Waals surface area contributed by atoms with Crippen molar-refractivity contribution >= 4 is 33.3 Å². The standard InChI is InChI=1S/C12H15ClN2O6S/c1-7(2)6-9(12(16)17)14-22(20,21)11-8(13)4-3-5-10(11)15(18)19/h3-5,7,9,14H,6H2,1-2H3,(H,16,17)/t9-/m1/s1. The molecule has 0 aliphatic rings. The fraction of sp³-hybridized carbons (Fsp3) is 0.417. The molecule has 10 heteroatoms. The predicted molar refractivity (Wildman–Crippen MR) is 79.3 cm³/mol. The molecule has 0 saturated carbocycles. The third-order valence-corrected chi connectivity index (χ3v) is 4.70. The van der Waals surface area contributed by atoms with Crippen molar-refractivity contribution in [2.75, 3.05) is 0 Å². The number of carboxylic acids is 1. The molecule has 2 N–H and O–H groups in total. The van der Waals surface area contributed by atoms with Crippen LogP contribution in [0.4, 0.5) is 5.69 Å². The van der Waals surface area contributed by atoms with Gasteiger partial charge in [-0.15, -0.1) is 0 Å². The number of nitrogens with zero attached hydrogens (tertiary/aromatic N) is 1. The number of nitrogens with one attached hydrogen (secondary N) is 1. The largest absolute Gasteiger partial charge is 0.480 e. The number of aliphatic carboxylic acids is 1. The molecule has 0 aromatic heterocycles. The second kappa shape index (κ2) is 7.03. The van der Waals surface area contributed by atoms with Gasteiger partial charge in [0.2, 0.25) is 10.0 Å². The van der Waals surface area contributed by atoms with Crippen molar-refractivity contribution in [3.05, 3.63) is 33.3 Å². The number of nitro groups is 1. The van der Waals surface area contributed by atoms with Gasteiger partial charge < -0.3 is 5.11 Å². The first kappa shape index (κ1) is 18.3. The van der Waals surface area contributed by atoms with Crippen molar-refractivity contribution in [3.63, 3.8) is 0 Å². The normalized spacial score (nSPS) is 13.1. The van der Waals surface area contributed by atoms with Crippen LogP contribution in [0.5, 0.6) is 0 Å². The number of carboxylic acid groups (broad SMARTS) is 1. The van der Waals surface area contributed by atoms with Gasteiger partial charge in [-0.3, -0.25) is 14.9 Å². The summed E-state index contributed by atoms with van der Waals surface area (Å²) in [6, 6.07) is 2.00. The molecule has 0 aliphatic heterocycles. The number of hydrogen-bond donors (Lipinski definition) is 2. The molecule has 0 saturated heterocycles. The number of rotatable bonds is 7. The number of carbonyl (C=O) groups is 1. The maximum absolute atomic E-state index is 12.3. The summed E-state index contributed by atoms with van der Waals surface area (Å²) < 4.78 is 26.6. The summed E-state index contributed by atoms with van der Waals surface area (Å²) in [7, 11) is -4.46. The van der Waals surface area contributed by atoms with Crippen LogP contribution in [0.2, 0.25) is 5.02 Å². The average Bonchev–Trinajstić information content (AvgIpc) is 2.36. The van der Waals surface area contributed by atoms with E-state index in [2.05, 4.69) is 0 Å². The van der Waals surface area contributed by atoms with E-state index in [1.807, 2.05) is 4.72 Å². The first-order valence-corrected chi connectivity index (χ1v) is 8.10. The van der Waals surface area contributed by atoms with Crippen molar-refractivity contribution in [3.8, 4) is 0 Å². The molecule has 0 bridgehead atoms. The molecule has 0 unspecified atom stereocenters. The molecule has 0 radical (unpaired) electrons. The quantitative estimate of drug-likeness (QED) is 0.572. The first-order valence-electron chi connectivity index (χ1n) is 6.24. The maximum Gasteiger partial charge on any atom is 0.321 e. The van der Waals surface area contributed by atoms with E-state index in [4.69, 9.17) is 16.7 Å². The Balaban J connectivity index is 3.30. The fourth-order valence-electron chi connectivity index (χ4n) is 1.82. The Morgan fingerprint density at radius 1 is 1.45 bits per heavy atom. The summed E-state index contributed by atoms with van der Waals surface area (Å²) in [6.07, 6.45) is 0.0345. The van der Waals surface area contributed by atoms with Crippen LogP contribution in [0, 0.1) is 16.0 Å². The molecule has 1 rings (SSSR count). The smallest absolute Gasteiger partial charge is 0.321 e. The number of benzene rings is 1. The molecule has 0 spiro atoms. The molecule has 1 atom stereocenters. The van der Waals surface area contributed by atoms with Crippen molar-refractivity contribution in [2.45, 2.75) is 31.2 Å². The minimum Gasteiger partial charge on any atom is -0.480 e. The number of nitro benzene ring substituents is 1. The minimum absolute atomic E-state index is 0.0345. The first-order chi connectivity index (χ1) is 10.1. The van der Waals surface area contributed by atoms with E-state index in [1.54, 1.807) is 13.8 Å². The van der Waals surface area contributed by atoms with E-state index in [0.29, 0.717) is 0 Å². The maximum atomic E-state index is 12.3. The van der Waals surface area contributed by atoms with Crippen LogP contribution in [0.25, 0.3) is 0 Å². The highest BCUT2D eigenvalue weighted by atomic mass is 35.5. The van der Waals surface area contributed by atoms with Crippen LogP contribution in [-0.2, 0) is 14.8 Å². The molecular weight excluding hydrogens is 336 g/mol. The van der Waals surface area contributed by atoms with E-state index >= 15 is 0 Å². The lowest BCUT2D eigenvalue weighted by atomic mass is 10.1. The highest BCUT2D eigenvalue weighted by Gasteiger charge is 2.33. The molecule has 0 fully saturated rings. The van der Waals surface area contributed by atoms with Gasteiger partial charge in [0.05, 0.1) is 9.95 Å². The summed E-state index contributed by atoms with van der Waals surface area (Å²) in [5.74, 6) is -1.46. The highest BCUT2D eigenvalue weighted by molar-refractivity contribution is 7.89. The molecule has 0 aliphatic carbocycles. The molecule has 122 valence electrons. The van der Waals surface area contributed by atoms with Gasteiger partial charge in [-0.25, -0.2) is 8.42 Å². The molecule has 8 nitrogen and oxygen atoms in total. The lowest BCUT2D eigenvalue weighted by molar-refractivity contribution is -0.387. The van der Waals surface area contributed by atoms with Crippen LogP contribution in [0.1, 0.15) is 20.3 Å². The van der Waals surface area contributed by atoms with Crippen LogP contribution < -0.4 is 4.72 Å². The second-order valence-corrected chi connectivity index (χ2v) is 7.04. The van der Waals surface area contributed by atoms with Crippen LogP contribution in [-0.4, -0.2) is 30.5 Å². The van der Waals surface area contributed by atoms with Gasteiger partial charge in [0, 0.05) is 6.07 Å². The fourth-order valence-corrected chi connectivity index (χ4v) is 3.73. The number of sulfonamides is 1. The SMILES string of the molecule is CC(C)C[C@@H](NS(=O)(=O)c1c(Cl)cccc1[N+](=O)[O-])C(=O)O. The van der Waals surface area contributed by atoms with Gasteiger partial charge in [0.1, 0.15) is 6.04 Å². The summed E-state index contributed by atoms with van der Waals surface area (Å²) in [4.78, 5) is 20.5. The Bertz CT molecular complexity index is 689. The number of halogens is 1. The van der Waals surface area contributed by atoms with E-state index in [-0.39, 0.29) is 17.4 Å². The predicted octanol–water partition coefficient (Wildman–Crippen LogP) is 2.03. The molecule has 1 aromatic rings. The van der Waals surface area contributed by atoms with Crippen LogP contribution >= 0.6 is 11.6 Å². The van der Waals surface area contributed by atoms with Crippen molar-refractivity contribution in [2.24, 2.45) is 5.92 Å². The third-order valence-electron chi connectivity index (χ3n) is 2.71. The summed E-state index contributed by atoms with van der Waals surface area (Å²) >= 11 is 5.76. The Kier molecular flexibility index (Phi) is 5.86. The molecule has 22 heavy (non-hydrogen) atoms. The van der Waals surface area contributed by atoms with Gasteiger partial charge in [-0.05, 0) is 18.4 Å². The van der Waals surface area contributed by atoms with Crippen molar-refractivity contribution in [1.29, 1.82) is 0 Å².